The molecule has 5 heteroatoms. The Morgan fingerprint density at radius 1 is 1.55 bits per heavy atom. The lowest BCUT2D eigenvalue weighted by Crippen LogP contribution is -2.50. The summed E-state index contributed by atoms with van der Waals surface area (Å²) in [5.41, 5.74) is 6.79. The number of hydrogen-bond acceptors (Lipinski definition) is 4. The molecule has 106 valence electrons. The predicted molar refractivity (Wildman–Crippen MR) is 75.3 cm³/mol. The minimum absolute atomic E-state index is 0.0336. The highest BCUT2D eigenvalue weighted by molar-refractivity contribution is 5.77. The molecule has 1 aliphatic carbocycles. The zero-order valence-electron chi connectivity index (χ0n) is 11.6. The molecule has 1 heterocycles. The van der Waals surface area contributed by atoms with Gasteiger partial charge in [0.15, 0.2) is 0 Å². The van der Waals surface area contributed by atoms with Crippen LogP contribution in [0.15, 0.2) is 24.5 Å². The first-order valence-electron chi connectivity index (χ1n) is 6.95. The van der Waals surface area contributed by atoms with Crippen molar-refractivity contribution >= 4 is 5.91 Å². The highest BCUT2D eigenvalue weighted by Crippen LogP contribution is 2.32. The molecule has 2 rings (SSSR count). The number of pyridine rings is 1. The van der Waals surface area contributed by atoms with Crippen LogP contribution in [0.3, 0.4) is 0 Å². The second kappa shape index (κ2) is 6.49. The summed E-state index contributed by atoms with van der Waals surface area (Å²) in [6, 6.07) is 5.87. The molecule has 0 aromatic carbocycles. The molecule has 0 saturated heterocycles. The maximum Gasteiger partial charge on any atom is 0.224 e. The zero-order chi connectivity index (χ0) is 14.4. The van der Waals surface area contributed by atoms with Gasteiger partial charge in [-0.15, -0.1) is 0 Å². The first kappa shape index (κ1) is 14.5. The van der Waals surface area contributed by atoms with E-state index in [1.54, 1.807) is 17.3 Å². The number of amides is 1. The summed E-state index contributed by atoms with van der Waals surface area (Å²) in [5.74, 6) is 0.0336. The van der Waals surface area contributed by atoms with Crippen LogP contribution in [-0.2, 0) is 11.3 Å². The van der Waals surface area contributed by atoms with Gasteiger partial charge in [-0.25, -0.2) is 0 Å². The van der Waals surface area contributed by atoms with Crippen molar-refractivity contribution in [1.82, 2.24) is 9.88 Å². The van der Waals surface area contributed by atoms with E-state index < -0.39 is 0 Å². The van der Waals surface area contributed by atoms with Gasteiger partial charge in [-0.2, -0.15) is 5.26 Å². The van der Waals surface area contributed by atoms with Crippen molar-refractivity contribution in [2.45, 2.75) is 44.2 Å². The summed E-state index contributed by atoms with van der Waals surface area (Å²) in [6.45, 7) is 0.935. The molecule has 0 bridgehead atoms. The van der Waals surface area contributed by atoms with Crippen LogP contribution >= 0.6 is 0 Å². The van der Waals surface area contributed by atoms with Crippen molar-refractivity contribution in [1.29, 1.82) is 5.26 Å². The van der Waals surface area contributed by atoms with E-state index in [0.717, 1.165) is 24.8 Å². The van der Waals surface area contributed by atoms with E-state index in [0.29, 0.717) is 25.9 Å². The summed E-state index contributed by atoms with van der Waals surface area (Å²) in [4.78, 5) is 18.1. The number of nitrogens with two attached hydrogens (primary N) is 1. The molecule has 2 N–H and O–H groups in total. The van der Waals surface area contributed by atoms with Crippen LogP contribution in [0.2, 0.25) is 0 Å². The highest BCUT2D eigenvalue weighted by Gasteiger charge is 2.35. The van der Waals surface area contributed by atoms with E-state index in [-0.39, 0.29) is 11.4 Å². The zero-order valence-corrected chi connectivity index (χ0v) is 11.6. The Balaban J connectivity index is 1.99. The lowest BCUT2D eigenvalue weighted by molar-refractivity contribution is -0.133. The van der Waals surface area contributed by atoms with Crippen molar-refractivity contribution in [3.63, 3.8) is 0 Å². The van der Waals surface area contributed by atoms with Crippen LogP contribution in [-0.4, -0.2) is 27.9 Å². The van der Waals surface area contributed by atoms with Crippen LogP contribution in [0.5, 0.6) is 0 Å². The number of aromatic nitrogens is 1. The third kappa shape index (κ3) is 3.78. The Bertz CT molecular complexity index is 490. The molecule has 0 spiro atoms. The van der Waals surface area contributed by atoms with E-state index >= 15 is 0 Å². The van der Waals surface area contributed by atoms with Crippen molar-refractivity contribution in [3.05, 3.63) is 30.1 Å². The Kier molecular flexibility index (Phi) is 4.70. The first-order chi connectivity index (χ1) is 9.63. The van der Waals surface area contributed by atoms with Gasteiger partial charge >= 0.3 is 0 Å². The van der Waals surface area contributed by atoms with E-state index in [2.05, 4.69) is 11.1 Å². The molecule has 5 nitrogen and oxygen atoms in total. The largest absolute Gasteiger partial charge is 0.337 e. The van der Waals surface area contributed by atoms with E-state index in [4.69, 9.17) is 11.0 Å². The van der Waals surface area contributed by atoms with E-state index in [1.807, 2.05) is 12.1 Å². The topological polar surface area (TPSA) is 83.0 Å². The molecular formula is C15H20N4O. The molecule has 1 aliphatic rings. The SMILES string of the molecule is N#CCCN(Cc1cccnc1)C(=O)CC1(N)CCC1. The van der Waals surface area contributed by atoms with Gasteiger partial charge < -0.3 is 10.6 Å². The van der Waals surface area contributed by atoms with Crippen molar-refractivity contribution in [3.8, 4) is 6.07 Å². The summed E-state index contributed by atoms with van der Waals surface area (Å²) in [6.07, 6.45) is 7.09. The molecular weight excluding hydrogens is 252 g/mol. The molecule has 1 saturated carbocycles. The monoisotopic (exact) mass is 272 g/mol. The second-order valence-corrected chi connectivity index (χ2v) is 5.48. The third-order valence-corrected chi connectivity index (χ3v) is 3.80. The fourth-order valence-corrected chi connectivity index (χ4v) is 2.41. The normalized spacial score (nSPS) is 16.0. The van der Waals surface area contributed by atoms with Crippen molar-refractivity contribution < 1.29 is 4.79 Å². The van der Waals surface area contributed by atoms with Crippen molar-refractivity contribution in [2.24, 2.45) is 5.73 Å². The molecule has 0 unspecified atom stereocenters. The number of hydrogen-bond donors (Lipinski definition) is 1. The van der Waals surface area contributed by atoms with Crippen molar-refractivity contribution in [2.75, 3.05) is 6.54 Å². The Hall–Kier alpha value is -1.93. The first-order valence-corrected chi connectivity index (χ1v) is 6.95. The van der Waals surface area contributed by atoms with Crippen LogP contribution < -0.4 is 5.73 Å². The fourth-order valence-electron chi connectivity index (χ4n) is 2.41. The van der Waals surface area contributed by atoms with Gasteiger partial charge in [-0.1, -0.05) is 6.07 Å². The van der Waals surface area contributed by atoms with Gasteiger partial charge in [-0.05, 0) is 30.9 Å². The van der Waals surface area contributed by atoms with Gasteiger partial charge in [0.1, 0.15) is 0 Å². The molecule has 0 atom stereocenters. The van der Waals surface area contributed by atoms with E-state index in [9.17, 15) is 4.79 Å². The minimum Gasteiger partial charge on any atom is -0.337 e. The third-order valence-electron chi connectivity index (χ3n) is 3.80. The van der Waals surface area contributed by atoms with Crippen LogP contribution in [0.4, 0.5) is 0 Å². The van der Waals surface area contributed by atoms with Crippen LogP contribution in [0, 0.1) is 11.3 Å². The lowest BCUT2D eigenvalue weighted by Gasteiger charge is -2.39. The fraction of sp³-hybridized carbons (Fsp3) is 0.533. The van der Waals surface area contributed by atoms with E-state index in [1.165, 1.54) is 0 Å². The summed E-state index contributed by atoms with van der Waals surface area (Å²) < 4.78 is 0. The molecule has 0 aliphatic heterocycles. The Morgan fingerprint density at radius 3 is 2.90 bits per heavy atom. The number of carbonyl (C=O) groups is 1. The van der Waals surface area contributed by atoms with Crippen LogP contribution in [0.1, 0.15) is 37.7 Å². The number of rotatable bonds is 6. The standard InChI is InChI=1S/C15H20N4O/c16-7-3-9-19(12-13-4-1-8-18-11-13)14(20)10-15(17)5-2-6-15/h1,4,8,11H,2-3,5-6,9-10,12,17H2. The smallest absolute Gasteiger partial charge is 0.224 e. The molecule has 1 aromatic rings. The summed E-state index contributed by atoms with van der Waals surface area (Å²) in [7, 11) is 0. The van der Waals surface area contributed by atoms with Gasteiger partial charge in [-0.3, -0.25) is 9.78 Å². The highest BCUT2D eigenvalue weighted by atomic mass is 16.2. The molecule has 20 heavy (non-hydrogen) atoms. The van der Waals surface area contributed by atoms with Gasteiger partial charge in [0, 0.05) is 37.4 Å². The summed E-state index contributed by atoms with van der Waals surface area (Å²) >= 11 is 0. The Morgan fingerprint density at radius 2 is 2.35 bits per heavy atom. The molecule has 1 amide bonds. The second-order valence-electron chi connectivity index (χ2n) is 5.48. The maximum atomic E-state index is 12.4. The maximum absolute atomic E-state index is 12.4. The lowest BCUT2D eigenvalue weighted by atomic mass is 9.75. The number of carbonyl (C=O) groups excluding carboxylic acids is 1. The average Bonchev–Trinajstić information content (AvgIpc) is 2.42. The molecule has 1 aromatic heterocycles. The average molecular weight is 272 g/mol. The summed E-state index contributed by atoms with van der Waals surface area (Å²) in [5, 5.41) is 8.73. The van der Waals surface area contributed by atoms with Gasteiger partial charge in [0.05, 0.1) is 12.5 Å². The van der Waals surface area contributed by atoms with Gasteiger partial charge in [0.25, 0.3) is 0 Å². The minimum atomic E-state index is -0.323. The van der Waals surface area contributed by atoms with Gasteiger partial charge in [0.2, 0.25) is 5.91 Å². The van der Waals surface area contributed by atoms with Crippen LogP contribution in [0.25, 0.3) is 0 Å². The number of nitrogens with zero attached hydrogens (tertiary/aromatic N) is 3. The quantitative estimate of drug-likeness (QED) is 0.852. The molecule has 1 fully saturated rings. The Labute approximate surface area is 119 Å². The predicted octanol–water partition coefficient (Wildman–Crippen LogP) is 1.60. The molecule has 0 radical (unpaired) electrons. The number of nitriles is 1.